The zero-order chi connectivity index (χ0) is 12.0. The third-order valence-corrected chi connectivity index (χ3v) is 2.03. The summed E-state index contributed by atoms with van der Waals surface area (Å²) < 4.78 is 0. The number of nitrogens with one attached hydrogen (secondary N) is 1. The Balaban J connectivity index is 2.86. The van der Waals surface area contributed by atoms with Gasteiger partial charge in [0.25, 0.3) is 5.69 Å². The van der Waals surface area contributed by atoms with Crippen LogP contribution in [0.5, 0.6) is 0 Å². The predicted octanol–water partition coefficient (Wildman–Crippen LogP) is 1.23. The normalized spacial score (nSPS) is 9.50. The second-order valence-corrected chi connectivity index (χ2v) is 3.17. The van der Waals surface area contributed by atoms with Gasteiger partial charge in [-0.3, -0.25) is 10.1 Å². The number of rotatable bonds is 5. The van der Waals surface area contributed by atoms with Gasteiger partial charge in [0, 0.05) is 18.7 Å². The molecule has 84 valence electrons. The van der Waals surface area contributed by atoms with Crippen molar-refractivity contribution in [1.29, 1.82) is 5.26 Å². The molecular weight excluding hydrogens is 208 g/mol. The summed E-state index contributed by atoms with van der Waals surface area (Å²) >= 11 is 0. The lowest BCUT2D eigenvalue weighted by Crippen LogP contribution is -2.09. The molecule has 0 amide bonds. The number of benzene rings is 1. The first-order valence-corrected chi connectivity index (χ1v) is 4.81. The van der Waals surface area contributed by atoms with Crippen LogP contribution in [0.4, 0.5) is 11.4 Å². The second-order valence-electron chi connectivity index (χ2n) is 3.17. The number of hydrogen-bond donors (Lipinski definition) is 2. The zero-order valence-electron chi connectivity index (χ0n) is 8.64. The highest BCUT2D eigenvalue weighted by Crippen LogP contribution is 2.21. The fourth-order valence-corrected chi connectivity index (χ4v) is 1.22. The van der Waals surface area contributed by atoms with Gasteiger partial charge in [-0.25, -0.2) is 0 Å². The molecule has 0 saturated carbocycles. The summed E-state index contributed by atoms with van der Waals surface area (Å²) in [6.45, 7) is 1.20. The number of nitro benzene ring substituents is 1. The van der Waals surface area contributed by atoms with Crippen molar-refractivity contribution in [2.45, 2.75) is 6.42 Å². The highest BCUT2D eigenvalue weighted by Gasteiger charge is 2.09. The molecule has 0 aliphatic heterocycles. The Bertz CT molecular complexity index is 425. The van der Waals surface area contributed by atoms with Crippen LogP contribution < -0.4 is 11.1 Å². The molecule has 0 unspecified atom stereocenters. The first kappa shape index (κ1) is 11.9. The SMILES string of the molecule is N#Cc1cc([N+](=O)[O-])ccc1NCCCN. The van der Waals surface area contributed by atoms with Crippen molar-refractivity contribution in [1.82, 2.24) is 0 Å². The lowest BCUT2D eigenvalue weighted by Gasteiger charge is -2.06. The van der Waals surface area contributed by atoms with Crippen molar-refractivity contribution in [2.75, 3.05) is 18.4 Å². The fourth-order valence-electron chi connectivity index (χ4n) is 1.22. The van der Waals surface area contributed by atoms with Crippen molar-refractivity contribution in [3.8, 4) is 6.07 Å². The Morgan fingerprint density at radius 1 is 1.56 bits per heavy atom. The van der Waals surface area contributed by atoms with E-state index in [0.29, 0.717) is 18.8 Å². The highest BCUT2D eigenvalue weighted by molar-refractivity contribution is 5.61. The van der Waals surface area contributed by atoms with Crippen molar-refractivity contribution < 1.29 is 4.92 Å². The zero-order valence-corrected chi connectivity index (χ0v) is 8.64. The Hall–Kier alpha value is -2.13. The molecule has 1 aromatic carbocycles. The minimum atomic E-state index is -0.523. The van der Waals surface area contributed by atoms with Gasteiger partial charge in [-0.15, -0.1) is 0 Å². The molecule has 0 aliphatic carbocycles. The van der Waals surface area contributed by atoms with Crippen molar-refractivity contribution in [3.63, 3.8) is 0 Å². The summed E-state index contributed by atoms with van der Waals surface area (Å²) in [6, 6.07) is 6.08. The minimum absolute atomic E-state index is 0.0825. The van der Waals surface area contributed by atoms with Crippen LogP contribution in [0.2, 0.25) is 0 Å². The molecule has 6 nitrogen and oxygen atoms in total. The molecule has 0 atom stereocenters. The Kier molecular flexibility index (Phi) is 4.24. The highest BCUT2D eigenvalue weighted by atomic mass is 16.6. The van der Waals surface area contributed by atoms with Gasteiger partial charge in [0.05, 0.1) is 16.2 Å². The van der Waals surface area contributed by atoms with Crippen LogP contribution in [0.3, 0.4) is 0 Å². The maximum Gasteiger partial charge on any atom is 0.270 e. The van der Waals surface area contributed by atoms with Crippen molar-refractivity contribution in [2.24, 2.45) is 5.73 Å². The Morgan fingerprint density at radius 2 is 2.31 bits per heavy atom. The van der Waals surface area contributed by atoms with E-state index in [-0.39, 0.29) is 11.3 Å². The fraction of sp³-hybridized carbons (Fsp3) is 0.300. The average Bonchev–Trinajstić information content (AvgIpc) is 2.29. The number of nitrogens with two attached hydrogens (primary N) is 1. The van der Waals surface area contributed by atoms with Crippen LogP contribution in [0.15, 0.2) is 18.2 Å². The smallest absolute Gasteiger partial charge is 0.270 e. The molecule has 0 aromatic heterocycles. The van der Waals surface area contributed by atoms with Crippen LogP contribution >= 0.6 is 0 Å². The summed E-state index contributed by atoms with van der Waals surface area (Å²) in [4.78, 5) is 9.98. The average molecular weight is 220 g/mol. The maximum atomic E-state index is 10.5. The van der Waals surface area contributed by atoms with Crippen LogP contribution in [-0.4, -0.2) is 18.0 Å². The monoisotopic (exact) mass is 220 g/mol. The molecule has 0 aliphatic rings. The van der Waals surface area contributed by atoms with Gasteiger partial charge in [-0.2, -0.15) is 5.26 Å². The third kappa shape index (κ3) is 2.93. The van der Waals surface area contributed by atoms with E-state index in [9.17, 15) is 10.1 Å². The van der Waals surface area contributed by atoms with Gasteiger partial charge in [0.1, 0.15) is 6.07 Å². The van der Waals surface area contributed by atoms with Gasteiger partial charge in [0.2, 0.25) is 0 Å². The van der Waals surface area contributed by atoms with E-state index in [2.05, 4.69) is 5.32 Å². The van der Waals surface area contributed by atoms with Gasteiger partial charge >= 0.3 is 0 Å². The van der Waals surface area contributed by atoms with E-state index in [4.69, 9.17) is 11.0 Å². The molecular formula is C10H12N4O2. The van der Waals surface area contributed by atoms with E-state index in [1.165, 1.54) is 18.2 Å². The van der Waals surface area contributed by atoms with E-state index < -0.39 is 4.92 Å². The molecule has 0 fully saturated rings. The molecule has 1 rings (SSSR count). The van der Waals surface area contributed by atoms with Crippen LogP contribution in [-0.2, 0) is 0 Å². The molecule has 6 heteroatoms. The number of nitriles is 1. The number of hydrogen-bond acceptors (Lipinski definition) is 5. The standard InChI is InChI=1S/C10H12N4O2/c11-4-1-5-13-10-3-2-9(14(15)16)6-8(10)7-12/h2-3,6,13H,1,4-5,11H2. The topological polar surface area (TPSA) is 105 Å². The van der Waals surface area contributed by atoms with Gasteiger partial charge in [-0.05, 0) is 19.0 Å². The summed E-state index contributed by atoms with van der Waals surface area (Å²) in [5, 5.41) is 22.3. The van der Waals surface area contributed by atoms with Crippen molar-refractivity contribution >= 4 is 11.4 Å². The number of nitro groups is 1. The molecule has 0 radical (unpaired) electrons. The molecule has 0 heterocycles. The lowest BCUT2D eigenvalue weighted by molar-refractivity contribution is -0.384. The van der Waals surface area contributed by atoms with Crippen LogP contribution in [0.25, 0.3) is 0 Å². The van der Waals surface area contributed by atoms with Crippen LogP contribution in [0.1, 0.15) is 12.0 Å². The number of anilines is 1. The molecule has 16 heavy (non-hydrogen) atoms. The first-order chi connectivity index (χ1) is 7.69. The molecule has 0 saturated heterocycles. The van der Waals surface area contributed by atoms with E-state index >= 15 is 0 Å². The number of non-ortho nitro benzene ring substituents is 1. The minimum Gasteiger partial charge on any atom is -0.384 e. The summed E-state index contributed by atoms with van der Waals surface area (Å²) in [6.07, 6.45) is 0.780. The Labute approximate surface area is 92.8 Å². The van der Waals surface area contributed by atoms with Crippen molar-refractivity contribution in [3.05, 3.63) is 33.9 Å². The molecule has 0 spiro atoms. The van der Waals surface area contributed by atoms with Crippen LogP contribution in [0, 0.1) is 21.4 Å². The van der Waals surface area contributed by atoms with Gasteiger partial charge in [-0.1, -0.05) is 0 Å². The number of nitrogens with zero attached hydrogens (tertiary/aromatic N) is 2. The van der Waals surface area contributed by atoms with Gasteiger partial charge < -0.3 is 11.1 Å². The predicted molar refractivity (Wildman–Crippen MR) is 60.0 cm³/mol. The quantitative estimate of drug-likeness (QED) is 0.441. The van der Waals surface area contributed by atoms with E-state index in [1.54, 1.807) is 0 Å². The lowest BCUT2D eigenvalue weighted by atomic mass is 10.1. The van der Waals surface area contributed by atoms with Gasteiger partial charge in [0.15, 0.2) is 0 Å². The Morgan fingerprint density at radius 3 is 2.88 bits per heavy atom. The first-order valence-electron chi connectivity index (χ1n) is 4.81. The summed E-state index contributed by atoms with van der Waals surface area (Å²) in [5.41, 5.74) is 6.12. The summed E-state index contributed by atoms with van der Waals surface area (Å²) in [5.74, 6) is 0. The largest absolute Gasteiger partial charge is 0.384 e. The molecule has 1 aromatic rings. The molecule has 3 N–H and O–H groups in total. The third-order valence-electron chi connectivity index (χ3n) is 2.03. The molecule has 0 bridgehead atoms. The van der Waals surface area contributed by atoms with E-state index in [0.717, 1.165) is 6.42 Å². The second kappa shape index (κ2) is 5.68. The van der Waals surface area contributed by atoms with E-state index in [1.807, 2.05) is 6.07 Å². The maximum absolute atomic E-state index is 10.5. The summed E-state index contributed by atoms with van der Waals surface area (Å²) in [7, 11) is 0.